The molecule has 21 heavy (non-hydrogen) atoms. The number of carbonyl (C=O) groups is 1. The molecular weight excluding hydrogens is 267 g/mol. The van der Waals surface area contributed by atoms with Crippen molar-refractivity contribution in [2.24, 2.45) is 5.92 Å². The minimum atomic E-state index is -0.314. The van der Waals surface area contributed by atoms with Crippen molar-refractivity contribution >= 4 is 5.91 Å². The lowest BCUT2D eigenvalue weighted by atomic mass is 9.93. The highest BCUT2D eigenvalue weighted by Gasteiger charge is 2.35. The largest absolute Gasteiger partial charge is 0.333 e. The van der Waals surface area contributed by atoms with Crippen LogP contribution in [0.15, 0.2) is 24.3 Å². The fourth-order valence-electron chi connectivity index (χ4n) is 2.87. The maximum Gasteiger partial charge on any atom is 0.254 e. The van der Waals surface area contributed by atoms with Crippen molar-refractivity contribution in [3.8, 4) is 0 Å². The van der Waals surface area contributed by atoms with E-state index in [-0.39, 0.29) is 23.3 Å². The Morgan fingerprint density at radius 3 is 2.57 bits per heavy atom. The highest BCUT2D eigenvalue weighted by Crippen LogP contribution is 2.22. The molecule has 1 aromatic rings. The van der Waals surface area contributed by atoms with E-state index in [0.717, 1.165) is 13.0 Å². The summed E-state index contributed by atoms with van der Waals surface area (Å²) < 4.78 is 13.0. The summed E-state index contributed by atoms with van der Waals surface area (Å²) in [6.07, 6.45) is 0.968. The first kappa shape index (κ1) is 16.0. The number of hydrogen-bond donors (Lipinski definition) is 1. The Balaban J connectivity index is 2.22. The molecule has 116 valence electrons. The maximum atomic E-state index is 13.0. The normalized spacial score (nSPS) is 21.6. The highest BCUT2D eigenvalue weighted by molar-refractivity contribution is 5.94. The lowest BCUT2D eigenvalue weighted by Gasteiger charge is -2.45. The molecule has 1 N–H and O–H groups in total. The number of nitrogens with zero attached hydrogens (tertiary/aromatic N) is 1. The molecule has 0 bridgehead atoms. The minimum absolute atomic E-state index is 0.00442. The van der Waals surface area contributed by atoms with Gasteiger partial charge >= 0.3 is 0 Å². The highest BCUT2D eigenvalue weighted by atomic mass is 19.1. The van der Waals surface area contributed by atoms with Crippen LogP contribution in [-0.2, 0) is 0 Å². The molecule has 1 amide bonds. The van der Waals surface area contributed by atoms with Gasteiger partial charge in [-0.05, 0) is 50.5 Å². The van der Waals surface area contributed by atoms with E-state index in [9.17, 15) is 9.18 Å². The fourth-order valence-corrected chi connectivity index (χ4v) is 2.87. The lowest BCUT2D eigenvalue weighted by molar-refractivity contribution is 0.0468. The molecule has 0 aromatic heterocycles. The van der Waals surface area contributed by atoms with Gasteiger partial charge in [-0.1, -0.05) is 13.8 Å². The Hall–Kier alpha value is -1.42. The third kappa shape index (κ3) is 4.03. The number of halogens is 1. The molecule has 0 aliphatic carbocycles. The van der Waals surface area contributed by atoms with E-state index >= 15 is 0 Å². The van der Waals surface area contributed by atoms with E-state index in [4.69, 9.17) is 0 Å². The molecule has 1 saturated heterocycles. The topological polar surface area (TPSA) is 32.3 Å². The second-order valence-corrected chi connectivity index (χ2v) is 6.99. The number of benzene rings is 1. The van der Waals surface area contributed by atoms with Crippen molar-refractivity contribution in [3.05, 3.63) is 35.6 Å². The second-order valence-electron chi connectivity index (χ2n) is 6.99. The zero-order valence-corrected chi connectivity index (χ0v) is 13.3. The smallest absolute Gasteiger partial charge is 0.254 e. The van der Waals surface area contributed by atoms with Crippen LogP contribution in [0.2, 0.25) is 0 Å². The van der Waals surface area contributed by atoms with E-state index in [1.807, 2.05) is 4.90 Å². The van der Waals surface area contributed by atoms with E-state index in [0.29, 0.717) is 18.0 Å². The standard InChI is InChI=1S/C17H25FN2O/c1-12(2)9-15-10-19-17(3,4)11-20(15)16(21)13-5-7-14(18)8-6-13/h5-8,12,15,19H,9-11H2,1-4H3. The predicted molar refractivity (Wildman–Crippen MR) is 82.8 cm³/mol. The van der Waals surface area contributed by atoms with E-state index in [1.54, 1.807) is 12.1 Å². The molecule has 2 rings (SSSR count). The summed E-state index contributed by atoms with van der Waals surface area (Å²) >= 11 is 0. The average Bonchev–Trinajstić information content (AvgIpc) is 2.40. The molecule has 1 fully saturated rings. The van der Waals surface area contributed by atoms with Gasteiger partial charge in [0, 0.05) is 30.2 Å². The summed E-state index contributed by atoms with van der Waals surface area (Å²) in [6, 6.07) is 6.02. The number of nitrogens with one attached hydrogen (secondary N) is 1. The van der Waals surface area contributed by atoms with Crippen molar-refractivity contribution < 1.29 is 9.18 Å². The predicted octanol–water partition coefficient (Wildman–Crippen LogP) is 3.06. The monoisotopic (exact) mass is 292 g/mol. The Labute approximate surface area is 126 Å². The summed E-state index contributed by atoms with van der Waals surface area (Å²) in [5, 5.41) is 3.51. The molecule has 1 heterocycles. The summed E-state index contributed by atoms with van der Waals surface area (Å²) in [7, 11) is 0. The van der Waals surface area contributed by atoms with Crippen molar-refractivity contribution in [3.63, 3.8) is 0 Å². The number of carbonyl (C=O) groups excluding carboxylic acids is 1. The number of hydrogen-bond acceptors (Lipinski definition) is 2. The van der Waals surface area contributed by atoms with Gasteiger partial charge in [-0.25, -0.2) is 4.39 Å². The zero-order valence-electron chi connectivity index (χ0n) is 13.3. The third-order valence-corrected chi connectivity index (χ3v) is 3.92. The van der Waals surface area contributed by atoms with Gasteiger partial charge in [0.25, 0.3) is 5.91 Å². The van der Waals surface area contributed by atoms with Crippen molar-refractivity contribution in [1.29, 1.82) is 0 Å². The van der Waals surface area contributed by atoms with Crippen LogP contribution in [0.5, 0.6) is 0 Å². The molecule has 1 aliphatic rings. The van der Waals surface area contributed by atoms with E-state index in [1.165, 1.54) is 12.1 Å². The van der Waals surface area contributed by atoms with Gasteiger partial charge < -0.3 is 10.2 Å². The van der Waals surface area contributed by atoms with Gasteiger partial charge in [-0.15, -0.1) is 0 Å². The van der Waals surface area contributed by atoms with Crippen molar-refractivity contribution in [1.82, 2.24) is 10.2 Å². The maximum absolute atomic E-state index is 13.0. The summed E-state index contributed by atoms with van der Waals surface area (Å²) in [5.74, 6) is 0.211. The van der Waals surface area contributed by atoms with Crippen molar-refractivity contribution in [2.75, 3.05) is 13.1 Å². The average molecular weight is 292 g/mol. The van der Waals surface area contributed by atoms with Crippen LogP contribution in [0.1, 0.15) is 44.5 Å². The molecule has 1 aromatic carbocycles. The van der Waals surface area contributed by atoms with Crippen molar-refractivity contribution in [2.45, 2.75) is 45.7 Å². The number of amides is 1. The molecule has 1 unspecified atom stereocenters. The molecule has 0 saturated carbocycles. The first-order valence-corrected chi connectivity index (χ1v) is 7.60. The number of piperazine rings is 1. The molecule has 4 heteroatoms. The SMILES string of the molecule is CC(C)CC1CNC(C)(C)CN1C(=O)c1ccc(F)cc1. The number of rotatable bonds is 3. The van der Waals surface area contributed by atoms with Crippen LogP contribution in [0.25, 0.3) is 0 Å². The Kier molecular flexibility index (Phi) is 4.67. The van der Waals surface area contributed by atoms with Gasteiger partial charge in [0.1, 0.15) is 5.82 Å². The Morgan fingerprint density at radius 2 is 2.00 bits per heavy atom. The third-order valence-electron chi connectivity index (χ3n) is 3.92. The molecule has 1 aliphatic heterocycles. The van der Waals surface area contributed by atoms with Gasteiger partial charge in [0.05, 0.1) is 0 Å². The Morgan fingerprint density at radius 1 is 1.38 bits per heavy atom. The first-order valence-electron chi connectivity index (χ1n) is 7.60. The summed E-state index contributed by atoms with van der Waals surface area (Å²) in [4.78, 5) is 14.7. The van der Waals surface area contributed by atoms with Crippen LogP contribution < -0.4 is 5.32 Å². The Bertz CT molecular complexity index is 496. The second kappa shape index (κ2) is 6.14. The van der Waals surface area contributed by atoms with Gasteiger partial charge in [-0.2, -0.15) is 0 Å². The summed E-state index contributed by atoms with van der Waals surface area (Å²) in [5.41, 5.74) is 0.464. The summed E-state index contributed by atoms with van der Waals surface area (Å²) in [6.45, 7) is 10.0. The van der Waals surface area contributed by atoms with Gasteiger partial charge in [-0.3, -0.25) is 4.79 Å². The quantitative estimate of drug-likeness (QED) is 0.928. The first-order chi connectivity index (χ1) is 9.78. The van der Waals surface area contributed by atoms with Crippen LogP contribution >= 0.6 is 0 Å². The molecule has 0 spiro atoms. The van der Waals surface area contributed by atoms with E-state index < -0.39 is 0 Å². The molecule has 3 nitrogen and oxygen atoms in total. The van der Waals surface area contributed by atoms with Crippen LogP contribution in [0.4, 0.5) is 4.39 Å². The van der Waals surface area contributed by atoms with Crippen LogP contribution in [0.3, 0.4) is 0 Å². The minimum Gasteiger partial charge on any atom is -0.333 e. The lowest BCUT2D eigenvalue weighted by Crippen LogP contribution is -2.63. The zero-order chi connectivity index (χ0) is 15.6. The molecule has 1 atom stereocenters. The molecular formula is C17H25FN2O. The van der Waals surface area contributed by atoms with Gasteiger partial charge in [0.15, 0.2) is 0 Å². The van der Waals surface area contributed by atoms with Gasteiger partial charge in [0.2, 0.25) is 0 Å². The fraction of sp³-hybridized carbons (Fsp3) is 0.588. The van der Waals surface area contributed by atoms with Crippen LogP contribution in [0, 0.1) is 11.7 Å². The van der Waals surface area contributed by atoms with E-state index in [2.05, 4.69) is 33.0 Å². The van der Waals surface area contributed by atoms with Crippen LogP contribution in [-0.4, -0.2) is 35.5 Å². The molecule has 0 radical (unpaired) electrons.